The fraction of sp³-hybridized carbons (Fsp3) is 0.800. The fourth-order valence-corrected chi connectivity index (χ4v) is 1.94. The molecule has 1 heterocycles. The normalized spacial score (nSPS) is 23.6. The summed E-state index contributed by atoms with van der Waals surface area (Å²) in [5.74, 6) is -0.679. The largest absolute Gasteiger partial charge is 0.370 e. The number of carbonyl (C=O) groups is 2. The van der Waals surface area contributed by atoms with Crippen LogP contribution in [0.1, 0.15) is 32.6 Å². The van der Waals surface area contributed by atoms with Crippen molar-refractivity contribution >= 4 is 11.8 Å². The second-order valence-electron chi connectivity index (χ2n) is 4.15. The number of hydrogen-bond acceptors (Lipinski definition) is 3. The Morgan fingerprint density at radius 3 is 2.67 bits per heavy atom. The molecular formula is C10H19N3O2. The first-order valence-corrected chi connectivity index (χ1v) is 5.36. The van der Waals surface area contributed by atoms with E-state index in [1.807, 2.05) is 6.92 Å². The second kappa shape index (κ2) is 5.11. The van der Waals surface area contributed by atoms with Gasteiger partial charge in [0.05, 0.1) is 12.5 Å². The average molecular weight is 213 g/mol. The highest BCUT2D eigenvalue weighted by molar-refractivity contribution is 5.87. The molecule has 1 saturated heterocycles. The van der Waals surface area contributed by atoms with E-state index in [1.165, 1.54) is 0 Å². The molecule has 5 nitrogen and oxygen atoms in total. The molecule has 2 atom stereocenters. The molecule has 86 valence electrons. The lowest BCUT2D eigenvalue weighted by molar-refractivity contribution is -0.137. The third kappa shape index (κ3) is 3.20. The first kappa shape index (κ1) is 12.0. The summed E-state index contributed by atoms with van der Waals surface area (Å²) in [4.78, 5) is 24.2. The standard InChI is InChI=1S/C10H19N3O2/c1-7-4-2-3-5-13(7)10(15)8(11)6-9(12)14/h7-8H,2-6,11H2,1H3,(H2,12,14). The maximum Gasteiger partial charge on any atom is 0.240 e. The van der Waals surface area contributed by atoms with Crippen LogP contribution in [0.2, 0.25) is 0 Å². The number of primary amides is 1. The van der Waals surface area contributed by atoms with E-state index in [0.717, 1.165) is 25.8 Å². The van der Waals surface area contributed by atoms with Gasteiger partial charge in [0.25, 0.3) is 0 Å². The zero-order valence-electron chi connectivity index (χ0n) is 9.11. The Kier molecular flexibility index (Phi) is 4.08. The second-order valence-corrected chi connectivity index (χ2v) is 4.15. The minimum absolute atomic E-state index is 0.0674. The molecule has 0 spiro atoms. The molecule has 1 rings (SSSR count). The molecule has 1 aliphatic rings. The topological polar surface area (TPSA) is 89.4 Å². The minimum atomic E-state index is -0.775. The van der Waals surface area contributed by atoms with Crippen LogP contribution in [-0.4, -0.2) is 35.3 Å². The van der Waals surface area contributed by atoms with E-state index in [4.69, 9.17) is 11.5 Å². The Hall–Kier alpha value is -1.10. The molecule has 4 N–H and O–H groups in total. The van der Waals surface area contributed by atoms with Crippen molar-refractivity contribution in [2.75, 3.05) is 6.54 Å². The molecule has 0 aromatic rings. The molecule has 0 saturated carbocycles. The molecular weight excluding hydrogens is 194 g/mol. The van der Waals surface area contributed by atoms with E-state index in [2.05, 4.69) is 0 Å². The van der Waals surface area contributed by atoms with Gasteiger partial charge < -0.3 is 16.4 Å². The molecule has 0 aliphatic carbocycles. The van der Waals surface area contributed by atoms with Gasteiger partial charge in [-0.2, -0.15) is 0 Å². The fourth-order valence-electron chi connectivity index (χ4n) is 1.94. The lowest BCUT2D eigenvalue weighted by Crippen LogP contribution is -2.50. The van der Waals surface area contributed by atoms with Crippen LogP contribution in [-0.2, 0) is 9.59 Å². The number of likely N-dealkylation sites (tertiary alicyclic amines) is 1. The number of carbonyl (C=O) groups excluding carboxylic acids is 2. The molecule has 0 aromatic carbocycles. The van der Waals surface area contributed by atoms with Crippen LogP contribution in [0.15, 0.2) is 0 Å². The lowest BCUT2D eigenvalue weighted by atomic mass is 10.0. The number of amides is 2. The van der Waals surface area contributed by atoms with E-state index in [0.29, 0.717) is 0 Å². The number of nitrogens with zero attached hydrogens (tertiary/aromatic N) is 1. The summed E-state index contributed by atoms with van der Waals surface area (Å²) in [6.07, 6.45) is 3.10. The van der Waals surface area contributed by atoms with Crippen LogP contribution in [0.3, 0.4) is 0 Å². The highest BCUT2D eigenvalue weighted by Crippen LogP contribution is 2.17. The van der Waals surface area contributed by atoms with E-state index in [-0.39, 0.29) is 18.4 Å². The number of hydrogen-bond donors (Lipinski definition) is 2. The molecule has 0 radical (unpaired) electrons. The van der Waals surface area contributed by atoms with Crippen molar-refractivity contribution in [3.63, 3.8) is 0 Å². The number of nitrogens with two attached hydrogens (primary N) is 2. The third-order valence-electron chi connectivity index (χ3n) is 2.82. The predicted molar refractivity (Wildman–Crippen MR) is 56.8 cm³/mol. The Morgan fingerprint density at radius 2 is 2.13 bits per heavy atom. The van der Waals surface area contributed by atoms with Crippen molar-refractivity contribution in [3.05, 3.63) is 0 Å². The third-order valence-corrected chi connectivity index (χ3v) is 2.82. The van der Waals surface area contributed by atoms with Crippen LogP contribution in [0.5, 0.6) is 0 Å². The van der Waals surface area contributed by atoms with Crippen molar-refractivity contribution < 1.29 is 9.59 Å². The number of rotatable bonds is 3. The Labute approximate surface area is 89.8 Å². The molecule has 1 aliphatic heterocycles. The van der Waals surface area contributed by atoms with Gasteiger partial charge in [-0.1, -0.05) is 0 Å². The van der Waals surface area contributed by atoms with E-state index in [9.17, 15) is 9.59 Å². The average Bonchev–Trinajstić information content (AvgIpc) is 2.16. The van der Waals surface area contributed by atoms with Crippen LogP contribution < -0.4 is 11.5 Å². The summed E-state index contributed by atoms with van der Waals surface area (Å²) in [5.41, 5.74) is 10.6. The summed E-state index contributed by atoms with van der Waals surface area (Å²) in [6.45, 7) is 2.75. The van der Waals surface area contributed by atoms with Crippen molar-refractivity contribution in [3.8, 4) is 0 Å². The SMILES string of the molecule is CC1CCCCN1C(=O)C(N)CC(N)=O. The summed E-state index contributed by atoms with van der Waals surface area (Å²) >= 11 is 0. The molecule has 2 unspecified atom stereocenters. The summed E-state index contributed by atoms with van der Waals surface area (Å²) in [7, 11) is 0. The van der Waals surface area contributed by atoms with Crippen molar-refractivity contribution in [1.29, 1.82) is 0 Å². The van der Waals surface area contributed by atoms with Gasteiger partial charge in [-0.15, -0.1) is 0 Å². The molecule has 2 amide bonds. The van der Waals surface area contributed by atoms with Gasteiger partial charge in [0.15, 0.2) is 0 Å². The molecule has 1 fully saturated rings. The first-order chi connectivity index (χ1) is 7.02. The minimum Gasteiger partial charge on any atom is -0.370 e. The Bertz CT molecular complexity index is 255. The van der Waals surface area contributed by atoms with Crippen molar-refractivity contribution in [1.82, 2.24) is 4.90 Å². The monoisotopic (exact) mass is 213 g/mol. The first-order valence-electron chi connectivity index (χ1n) is 5.36. The van der Waals surface area contributed by atoms with Gasteiger partial charge in [-0.25, -0.2) is 0 Å². The predicted octanol–water partition coefficient (Wildman–Crippen LogP) is -0.410. The van der Waals surface area contributed by atoms with Gasteiger partial charge in [0.2, 0.25) is 11.8 Å². The molecule has 0 bridgehead atoms. The van der Waals surface area contributed by atoms with Crippen LogP contribution >= 0.6 is 0 Å². The Balaban J connectivity index is 2.54. The van der Waals surface area contributed by atoms with Gasteiger partial charge >= 0.3 is 0 Å². The Morgan fingerprint density at radius 1 is 1.47 bits per heavy atom. The summed E-state index contributed by atoms with van der Waals surface area (Å²) in [6, 6.07) is -0.548. The van der Waals surface area contributed by atoms with E-state index < -0.39 is 11.9 Å². The van der Waals surface area contributed by atoms with Crippen LogP contribution in [0.25, 0.3) is 0 Å². The van der Waals surface area contributed by atoms with Crippen LogP contribution in [0, 0.1) is 0 Å². The highest BCUT2D eigenvalue weighted by atomic mass is 16.2. The van der Waals surface area contributed by atoms with E-state index >= 15 is 0 Å². The van der Waals surface area contributed by atoms with Crippen molar-refractivity contribution in [2.45, 2.75) is 44.7 Å². The molecule has 5 heteroatoms. The maximum atomic E-state index is 11.8. The summed E-state index contributed by atoms with van der Waals surface area (Å²) in [5, 5.41) is 0. The van der Waals surface area contributed by atoms with Gasteiger partial charge in [-0.3, -0.25) is 9.59 Å². The van der Waals surface area contributed by atoms with Gasteiger partial charge in [-0.05, 0) is 26.2 Å². The van der Waals surface area contributed by atoms with Crippen molar-refractivity contribution in [2.24, 2.45) is 11.5 Å². The van der Waals surface area contributed by atoms with E-state index in [1.54, 1.807) is 4.90 Å². The van der Waals surface area contributed by atoms with Gasteiger partial charge in [0.1, 0.15) is 0 Å². The van der Waals surface area contributed by atoms with Crippen LogP contribution in [0.4, 0.5) is 0 Å². The lowest BCUT2D eigenvalue weighted by Gasteiger charge is -2.34. The number of piperidine rings is 1. The zero-order valence-corrected chi connectivity index (χ0v) is 9.11. The smallest absolute Gasteiger partial charge is 0.240 e. The molecule has 15 heavy (non-hydrogen) atoms. The maximum absolute atomic E-state index is 11.8. The molecule has 0 aromatic heterocycles. The highest BCUT2D eigenvalue weighted by Gasteiger charge is 2.27. The summed E-state index contributed by atoms with van der Waals surface area (Å²) < 4.78 is 0. The van der Waals surface area contributed by atoms with Gasteiger partial charge in [0, 0.05) is 12.6 Å². The zero-order chi connectivity index (χ0) is 11.4. The quantitative estimate of drug-likeness (QED) is 0.668.